The van der Waals surface area contributed by atoms with Crippen molar-refractivity contribution >= 4 is 22.4 Å². The Balaban J connectivity index is 1.48. The second-order valence-electron chi connectivity index (χ2n) is 5.15. The van der Waals surface area contributed by atoms with Gasteiger partial charge in [-0.25, -0.2) is 4.98 Å². The smallest absolute Gasteiger partial charge is 0.240 e. The van der Waals surface area contributed by atoms with E-state index in [1.165, 1.54) is 11.3 Å². The normalized spacial score (nSPS) is 19.5. The molecule has 21 heavy (non-hydrogen) atoms. The zero-order valence-electron chi connectivity index (χ0n) is 11.6. The van der Waals surface area contributed by atoms with Crippen LogP contribution in [0.5, 0.6) is 0 Å². The van der Waals surface area contributed by atoms with Crippen molar-refractivity contribution in [3.63, 3.8) is 0 Å². The van der Waals surface area contributed by atoms with E-state index in [9.17, 15) is 4.79 Å². The van der Waals surface area contributed by atoms with E-state index in [2.05, 4.69) is 30.5 Å². The summed E-state index contributed by atoms with van der Waals surface area (Å²) in [6.07, 6.45) is 5.55. The average Bonchev–Trinajstić information content (AvgIpc) is 3.12. The highest BCUT2D eigenvalue weighted by molar-refractivity contribution is 7.13. The van der Waals surface area contributed by atoms with Crippen LogP contribution >= 0.6 is 11.3 Å². The van der Waals surface area contributed by atoms with Crippen molar-refractivity contribution < 1.29 is 4.79 Å². The first-order chi connectivity index (χ1) is 10.3. The Kier molecular flexibility index (Phi) is 4.51. The van der Waals surface area contributed by atoms with E-state index < -0.39 is 0 Å². The number of nitrogens with zero attached hydrogens (tertiary/aromatic N) is 6. The number of nitrogens with one attached hydrogen (secondary N) is 1. The van der Waals surface area contributed by atoms with Crippen molar-refractivity contribution in [2.24, 2.45) is 5.92 Å². The van der Waals surface area contributed by atoms with Crippen molar-refractivity contribution in [1.82, 2.24) is 29.9 Å². The van der Waals surface area contributed by atoms with Gasteiger partial charge in [0.15, 0.2) is 0 Å². The molecule has 0 unspecified atom stereocenters. The Bertz CT molecular complexity index is 556. The minimum absolute atomic E-state index is 0.0341. The predicted molar refractivity (Wildman–Crippen MR) is 77.7 cm³/mol. The van der Waals surface area contributed by atoms with Crippen LogP contribution in [0.3, 0.4) is 0 Å². The summed E-state index contributed by atoms with van der Waals surface area (Å²) >= 11 is 1.33. The first kappa shape index (κ1) is 14.1. The minimum Gasteiger partial charge on any atom is -0.299 e. The van der Waals surface area contributed by atoms with E-state index in [0.29, 0.717) is 17.6 Å². The first-order valence-corrected chi connectivity index (χ1v) is 7.78. The summed E-state index contributed by atoms with van der Waals surface area (Å²) in [5.74, 6) is 0.475. The summed E-state index contributed by atoms with van der Waals surface area (Å²) in [4.78, 5) is 18.1. The monoisotopic (exact) mass is 307 g/mol. The molecule has 0 bridgehead atoms. The van der Waals surface area contributed by atoms with E-state index in [1.54, 1.807) is 18.2 Å². The molecule has 0 aromatic carbocycles. The Labute approximate surface area is 126 Å². The zero-order chi connectivity index (χ0) is 14.5. The molecule has 0 spiro atoms. The minimum atomic E-state index is -0.0341. The highest BCUT2D eigenvalue weighted by Crippen LogP contribution is 2.18. The molecule has 0 saturated carbocycles. The van der Waals surface area contributed by atoms with Crippen LogP contribution in [0, 0.1) is 5.92 Å². The third-order valence-corrected chi connectivity index (χ3v) is 4.10. The summed E-state index contributed by atoms with van der Waals surface area (Å²) < 4.78 is 1.86. The maximum atomic E-state index is 12.0. The van der Waals surface area contributed by atoms with Gasteiger partial charge in [-0.05, 0) is 25.3 Å². The van der Waals surface area contributed by atoms with Crippen LogP contribution in [-0.2, 0) is 11.3 Å². The van der Waals surface area contributed by atoms with Gasteiger partial charge in [-0.1, -0.05) is 11.3 Å². The standard InChI is InChI=1S/C12H17N7OS/c20-11(16-12-17-14-9-21-12)6-18-3-1-2-10(4-18)5-19-8-13-7-15-19/h7-10H,1-6H2,(H,16,17,20)/t10-/m0/s1. The molecule has 9 heteroatoms. The third kappa shape index (κ3) is 4.05. The number of piperidine rings is 1. The zero-order valence-corrected chi connectivity index (χ0v) is 12.4. The second kappa shape index (κ2) is 6.72. The largest absolute Gasteiger partial charge is 0.299 e. The number of hydrogen-bond acceptors (Lipinski definition) is 7. The van der Waals surface area contributed by atoms with E-state index in [0.717, 1.165) is 32.5 Å². The van der Waals surface area contributed by atoms with Gasteiger partial charge in [0.25, 0.3) is 0 Å². The molecule has 1 saturated heterocycles. The summed E-state index contributed by atoms with van der Waals surface area (Å²) in [6.45, 7) is 3.11. The fraction of sp³-hybridized carbons (Fsp3) is 0.583. The molecule has 1 aliphatic heterocycles. The van der Waals surface area contributed by atoms with Gasteiger partial charge in [-0.3, -0.25) is 19.7 Å². The number of amides is 1. The molecule has 3 heterocycles. The van der Waals surface area contributed by atoms with Gasteiger partial charge in [-0.15, -0.1) is 10.2 Å². The van der Waals surface area contributed by atoms with Gasteiger partial charge >= 0.3 is 0 Å². The average molecular weight is 307 g/mol. The highest BCUT2D eigenvalue weighted by atomic mass is 32.1. The van der Waals surface area contributed by atoms with Gasteiger partial charge in [0.2, 0.25) is 11.0 Å². The number of likely N-dealkylation sites (tertiary alicyclic amines) is 1. The molecule has 3 rings (SSSR count). The van der Waals surface area contributed by atoms with Gasteiger partial charge in [0, 0.05) is 13.1 Å². The summed E-state index contributed by atoms with van der Waals surface area (Å²) in [5.41, 5.74) is 1.60. The third-order valence-electron chi connectivity index (χ3n) is 3.49. The summed E-state index contributed by atoms with van der Waals surface area (Å²) in [7, 11) is 0. The molecule has 1 fully saturated rings. The van der Waals surface area contributed by atoms with Gasteiger partial charge in [0.05, 0.1) is 6.54 Å². The van der Waals surface area contributed by atoms with Crippen molar-refractivity contribution in [1.29, 1.82) is 0 Å². The summed E-state index contributed by atoms with van der Waals surface area (Å²) in [5, 5.41) is 15.0. The van der Waals surface area contributed by atoms with E-state index in [1.807, 2.05) is 4.68 Å². The lowest BCUT2D eigenvalue weighted by Gasteiger charge is -2.31. The highest BCUT2D eigenvalue weighted by Gasteiger charge is 2.22. The fourth-order valence-corrected chi connectivity index (χ4v) is 3.09. The molecular formula is C12H17N7OS. The second-order valence-corrected chi connectivity index (χ2v) is 5.99. The van der Waals surface area contributed by atoms with Crippen LogP contribution in [-0.4, -0.2) is 55.4 Å². The van der Waals surface area contributed by atoms with Crippen LogP contribution in [0.25, 0.3) is 0 Å². The van der Waals surface area contributed by atoms with Gasteiger partial charge in [0.1, 0.15) is 18.2 Å². The molecule has 1 aliphatic rings. The van der Waals surface area contributed by atoms with Crippen molar-refractivity contribution in [2.75, 3.05) is 25.0 Å². The molecule has 1 N–H and O–H groups in total. The van der Waals surface area contributed by atoms with Crippen molar-refractivity contribution in [2.45, 2.75) is 19.4 Å². The molecule has 2 aromatic heterocycles. The lowest BCUT2D eigenvalue weighted by atomic mass is 9.98. The lowest BCUT2D eigenvalue weighted by molar-refractivity contribution is -0.117. The number of hydrogen-bond donors (Lipinski definition) is 1. The maximum absolute atomic E-state index is 12.0. The SMILES string of the molecule is O=C(CN1CCC[C@H](Cn2cncn2)C1)Nc1nncs1. The van der Waals surface area contributed by atoms with Crippen molar-refractivity contribution in [3.05, 3.63) is 18.2 Å². The Hall–Kier alpha value is -1.87. The molecule has 1 amide bonds. The number of rotatable bonds is 5. The molecular weight excluding hydrogens is 290 g/mol. The molecule has 8 nitrogen and oxygen atoms in total. The molecule has 1 atom stereocenters. The molecule has 112 valence electrons. The van der Waals surface area contributed by atoms with Gasteiger partial charge in [-0.2, -0.15) is 5.10 Å². The molecule has 0 radical (unpaired) electrons. The number of carbonyl (C=O) groups is 1. The van der Waals surface area contributed by atoms with Crippen LogP contribution in [0.15, 0.2) is 18.2 Å². The van der Waals surface area contributed by atoms with E-state index >= 15 is 0 Å². The predicted octanol–water partition coefficient (Wildman–Crippen LogP) is 0.480. The number of carbonyl (C=O) groups excluding carboxylic acids is 1. The Morgan fingerprint density at radius 3 is 3.24 bits per heavy atom. The van der Waals surface area contributed by atoms with Crippen LogP contribution < -0.4 is 5.32 Å². The van der Waals surface area contributed by atoms with Crippen molar-refractivity contribution in [3.8, 4) is 0 Å². The lowest BCUT2D eigenvalue weighted by Crippen LogP contribution is -2.41. The van der Waals surface area contributed by atoms with E-state index in [-0.39, 0.29) is 5.91 Å². The topological polar surface area (TPSA) is 88.8 Å². The Morgan fingerprint density at radius 1 is 1.52 bits per heavy atom. The number of aromatic nitrogens is 5. The first-order valence-electron chi connectivity index (χ1n) is 6.90. The van der Waals surface area contributed by atoms with E-state index in [4.69, 9.17) is 0 Å². The van der Waals surface area contributed by atoms with Gasteiger partial charge < -0.3 is 0 Å². The van der Waals surface area contributed by atoms with Crippen LogP contribution in [0.1, 0.15) is 12.8 Å². The van der Waals surface area contributed by atoms with Crippen LogP contribution in [0.2, 0.25) is 0 Å². The fourth-order valence-electron chi connectivity index (χ4n) is 2.62. The molecule has 2 aromatic rings. The molecule has 0 aliphatic carbocycles. The number of anilines is 1. The van der Waals surface area contributed by atoms with Crippen LogP contribution in [0.4, 0.5) is 5.13 Å². The Morgan fingerprint density at radius 2 is 2.48 bits per heavy atom. The maximum Gasteiger partial charge on any atom is 0.240 e. The quantitative estimate of drug-likeness (QED) is 0.864. The summed E-state index contributed by atoms with van der Waals surface area (Å²) in [6, 6.07) is 0.